The summed E-state index contributed by atoms with van der Waals surface area (Å²) in [4.78, 5) is 17.8. The molecule has 0 aliphatic rings. The molecule has 0 atom stereocenters. The van der Waals surface area contributed by atoms with E-state index in [9.17, 15) is 4.79 Å². The Hall–Kier alpha value is -2.99. The number of benzene rings is 2. The number of thioether (sulfide) groups is 1. The molecule has 0 aliphatic heterocycles. The highest BCUT2D eigenvalue weighted by Crippen LogP contribution is 2.32. The number of aromatic nitrogens is 1. The summed E-state index contributed by atoms with van der Waals surface area (Å²) in [7, 11) is 1.59. The SMILES string of the molecule is COc1ccc(NC(=O)c2ccccc2SC(C)C)cc1OCc1ccncc1. The summed E-state index contributed by atoms with van der Waals surface area (Å²) in [5.74, 6) is 1.01. The van der Waals surface area contributed by atoms with Crippen LogP contribution in [0.15, 0.2) is 71.9 Å². The molecule has 0 aliphatic carbocycles. The number of hydrogen-bond acceptors (Lipinski definition) is 5. The first kappa shape index (κ1) is 20.7. The van der Waals surface area contributed by atoms with E-state index in [1.807, 2.05) is 36.4 Å². The van der Waals surface area contributed by atoms with Gasteiger partial charge in [-0.25, -0.2) is 0 Å². The fraction of sp³-hybridized carbons (Fsp3) is 0.217. The largest absolute Gasteiger partial charge is 0.493 e. The summed E-state index contributed by atoms with van der Waals surface area (Å²) in [5, 5.41) is 3.35. The van der Waals surface area contributed by atoms with E-state index in [1.165, 1.54) is 0 Å². The minimum atomic E-state index is -0.154. The smallest absolute Gasteiger partial charge is 0.256 e. The maximum Gasteiger partial charge on any atom is 0.256 e. The van der Waals surface area contributed by atoms with E-state index in [4.69, 9.17) is 9.47 Å². The van der Waals surface area contributed by atoms with Crippen LogP contribution in [0.5, 0.6) is 11.5 Å². The van der Waals surface area contributed by atoms with Gasteiger partial charge < -0.3 is 14.8 Å². The van der Waals surface area contributed by atoms with E-state index >= 15 is 0 Å². The Morgan fingerprint density at radius 1 is 1.07 bits per heavy atom. The van der Waals surface area contributed by atoms with Gasteiger partial charge in [0.15, 0.2) is 11.5 Å². The molecule has 0 saturated carbocycles. The van der Waals surface area contributed by atoms with Gasteiger partial charge in [-0.1, -0.05) is 26.0 Å². The molecule has 2 aromatic carbocycles. The number of nitrogens with one attached hydrogen (secondary N) is 1. The summed E-state index contributed by atoms with van der Waals surface area (Å²) in [6.07, 6.45) is 3.44. The van der Waals surface area contributed by atoms with E-state index in [0.717, 1.165) is 10.5 Å². The summed E-state index contributed by atoms with van der Waals surface area (Å²) >= 11 is 1.67. The highest BCUT2D eigenvalue weighted by atomic mass is 32.2. The second-order valence-corrected chi connectivity index (χ2v) is 8.25. The van der Waals surface area contributed by atoms with Crippen LogP contribution in [0.25, 0.3) is 0 Å². The fourth-order valence-electron chi connectivity index (χ4n) is 2.72. The van der Waals surface area contributed by atoms with E-state index in [0.29, 0.717) is 34.6 Å². The first-order valence-corrected chi connectivity index (χ1v) is 10.2. The van der Waals surface area contributed by atoms with Crippen LogP contribution in [-0.2, 0) is 6.61 Å². The molecule has 29 heavy (non-hydrogen) atoms. The lowest BCUT2D eigenvalue weighted by atomic mass is 10.2. The van der Waals surface area contributed by atoms with Gasteiger partial charge in [0.25, 0.3) is 5.91 Å². The lowest BCUT2D eigenvalue weighted by molar-refractivity contribution is 0.102. The zero-order valence-electron chi connectivity index (χ0n) is 16.7. The molecule has 1 heterocycles. The zero-order valence-corrected chi connectivity index (χ0v) is 17.5. The van der Waals surface area contributed by atoms with Crippen molar-refractivity contribution in [3.8, 4) is 11.5 Å². The standard InChI is InChI=1S/C23H24N2O3S/c1-16(2)29-22-7-5-4-6-19(22)23(26)25-18-8-9-20(27-3)21(14-18)28-15-17-10-12-24-13-11-17/h4-14,16H,15H2,1-3H3,(H,25,26). The molecule has 1 amide bonds. The number of methoxy groups -OCH3 is 1. The fourth-order valence-corrected chi connectivity index (χ4v) is 3.67. The van der Waals surface area contributed by atoms with Crippen molar-refractivity contribution in [2.24, 2.45) is 0 Å². The van der Waals surface area contributed by atoms with E-state index in [2.05, 4.69) is 24.1 Å². The van der Waals surface area contributed by atoms with Crippen molar-refractivity contribution in [2.45, 2.75) is 30.6 Å². The summed E-state index contributed by atoms with van der Waals surface area (Å²) in [6, 6.07) is 16.8. The molecule has 5 nitrogen and oxygen atoms in total. The normalized spacial score (nSPS) is 10.6. The molecule has 3 rings (SSSR count). The molecule has 1 N–H and O–H groups in total. The van der Waals surface area contributed by atoms with Gasteiger partial charge >= 0.3 is 0 Å². The van der Waals surface area contributed by atoms with Crippen LogP contribution in [0, 0.1) is 0 Å². The Labute approximate surface area is 175 Å². The molecule has 0 unspecified atom stereocenters. The molecule has 0 bridgehead atoms. The summed E-state index contributed by atoms with van der Waals surface area (Å²) < 4.78 is 11.3. The number of carbonyl (C=O) groups excluding carboxylic acids is 1. The van der Waals surface area contributed by atoms with Gasteiger partial charge in [0, 0.05) is 34.3 Å². The van der Waals surface area contributed by atoms with Crippen LogP contribution >= 0.6 is 11.8 Å². The van der Waals surface area contributed by atoms with Crippen molar-refractivity contribution in [2.75, 3.05) is 12.4 Å². The number of hydrogen-bond donors (Lipinski definition) is 1. The molecule has 6 heteroatoms. The third kappa shape index (κ3) is 5.74. The second kappa shape index (κ2) is 9.98. The summed E-state index contributed by atoms with van der Waals surface area (Å²) in [6.45, 7) is 4.59. The Morgan fingerprint density at radius 3 is 2.55 bits per heavy atom. The van der Waals surface area contributed by atoms with Crippen LogP contribution in [-0.4, -0.2) is 23.3 Å². The number of rotatable bonds is 8. The minimum absolute atomic E-state index is 0.154. The van der Waals surface area contributed by atoms with Crippen molar-refractivity contribution in [1.29, 1.82) is 0 Å². The second-order valence-electron chi connectivity index (χ2n) is 6.63. The number of nitrogens with zero attached hydrogens (tertiary/aromatic N) is 1. The van der Waals surface area contributed by atoms with Gasteiger partial charge in [0.1, 0.15) is 6.61 Å². The number of ether oxygens (including phenoxy) is 2. The summed E-state index contributed by atoms with van der Waals surface area (Å²) in [5.41, 5.74) is 2.29. The molecular formula is C23H24N2O3S. The average Bonchev–Trinajstić information content (AvgIpc) is 2.73. The van der Waals surface area contributed by atoms with Gasteiger partial charge in [-0.05, 0) is 42.0 Å². The Balaban J connectivity index is 1.77. The van der Waals surface area contributed by atoms with E-state index in [-0.39, 0.29) is 5.91 Å². The molecular weight excluding hydrogens is 384 g/mol. The van der Waals surface area contributed by atoms with Crippen LogP contribution in [0.2, 0.25) is 0 Å². The third-order valence-corrected chi connectivity index (χ3v) is 5.14. The van der Waals surface area contributed by atoms with Crippen LogP contribution in [0.3, 0.4) is 0 Å². The molecule has 0 spiro atoms. The molecule has 0 fully saturated rings. The van der Waals surface area contributed by atoms with Crippen molar-refractivity contribution in [1.82, 2.24) is 4.98 Å². The maximum absolute atomic E-state index is 12.9. The zero-order chi connectivity index (χ0) is 20.6. The molecule has 0 radical (unpaired) electrons. The number of carbonyl (C=O) groups is 1. The van der Waals surface area contributed by atoms with E-state index in [1.54, 1.807) is 49.5 Å². The molecule has 3 aromatic rings. The number of anilines is 1. The monoisotopic (exact) mass is 408 g/mol. The van der Waals surface area contributed by atoms with Crippen LogP contribution in [0.1, 0.15) is 29.8 Å². The lowest BCUT2D eigenvalue weighted by Crippen LogP contribution is -2.13. The minimum Gasteiger partial charge on any atom is -0.493 e. The van der Waals surface area contributed by atoms with E-state index < -0.39 is 0 Å². The number of pyridine rings is 1. The molecule has 150 valence electrons. The lowest BCUT2D eigenvalue weighted by Gasteiger charge is -2.14. The predicted octanol–water partition coefficient (Wildman–Crippen LogP) is 5.42. The van der Waals surface area contributed by atoms with Gasteiger partial charge in [-0.3, -0.25) is 9.78 Å². The Kier molecular flexibility index (Phi) is 7.14. The van der Waals surface area contributed by atoms with Gasteiger partial charge in [-0.15, -0.1) is 11.8 Å². The Morgan fingerprint density at radius 2 is 1.83 bits per heavy atom. The van der Waals surface area contributed by atoms with Crippen molar-refractivity contribution in [3.63, 3.8) is 0 Å². The molecule has 0 saturated heterocycles. The average molecular weight is 409 g/mol. The van der Waals surface area contributed by atoms with Crippen LogP contribution in [0.4, 0.5) is 5.69 Å². The molecule has 1 aromatic heterocycles. The maximum atomic E-state index is 12.9. The third-order valence-electron chi connectivity index (χ3n) is 4.06. The van der Waals surface area contributed by atoms with Gasteiger partial charge in [0.05, 0.1) is 12.7 Å². The van der Waals surface area contributed by atoms with Crippen molar-refractivity contribution >= 4 is 23.4 Å². The number of amides is 1. The van der Waals surface area contributed by atoms with Crippen molar-refractivity contribution in [3.05, 3.63) is 78.1 Å². The predicted molar refractivity (Wildman–Crippen MR) is 117 cm³/mol. The first-order valence-electron chi connectivity index (χ1n) is 9.33. The van der Waals surface area contributed by atoms with Gasteiger partial charge in [-0.2, -0.15) is 0 Å². The van der Waals surface area contributed by atoms with Crippen LogP contribution < -0.4 is 14.8 Å². The highest BCUT2D eigenvalue weighted by Gasteiger charge is 2.14. The highest BCUT2D eigenvalue weighted by molar-refractivity contribution is 8.00. The van der Waals surface area contributed by atoms with Crippen molar-refractivity contribution < 1.29 is 14.3 Å². The first-order chi connectivity index (χ1) is 14.1. The topological polar surface area (TPSA) is 60.5 Å². The van der Waals surface area contributed by atoms with Gasteiger partial charge in [0.2, 0.25) is 0 Å². The quantitative estimate of drug-likeness (QED) is 0.504. The Bertz CT molecular complexity index is 961.